The molecule has 2 fully saturated rings. The van der Waals surface area contributed by atoms with Crippen LogP contribution in [-0.4, -0.2) is 55.9 Å². The van der Waals surface area contributed by atoms with Crippen molar-refractivity contribution >= 4 is 5.91 Å². The van der Waals surface area contributed by atoms with Crippen LogP contribution in [0.1, 0.15) is 32.6 Å². The Morgan fingerprint density at radius 2 is 2.21 bits per heavy atom. The number of hydrogen-bond donors (Lipinski definition) is 1. The maximum absolute atomic E-state index is 11.9. The molecule has 19 heavy (non-hydrogen) atoms. The molecule has 1 atom stereocenters. The van der Waals surface area contributed by atoms with Crippen molar-refractivity contribution in [2.75, 3.05) is 33.4 Å². The van der Waals surface area contributed by atoms with E-state index in [1.165, 1.54) is 0 Å². The third-order valence-electron chi connectivity index (χ3n) is 4.54. The summed E-state index contributed by atoms with van der Waals surface area (Å²) in [5.41, 5.74) is 5.06. The van der Waals surface area contributed by atoms with Crippen molar-refractivity contribution in [1.29, 1.82) is 0 Å². The number of methoxy groups -OCH3 is 1. The Hall–Kier alpha value is -0.650. The van der Waals surface area contributed by atoms with Gasteiger partial charge in [0, 0.05) is 20.3 Å². The molecule has 1 heterocycles. The average molecular weight is 270 g/mol. The second-order valence-electron chi connectivity index (χ2n) is 5.79. The van der Waals surface area contributed by atoms with Crippen molar-refractivity contribution < 1.29 is 14.3 Å². The number of carbonyl (C=O) groups is 1. The first-order chi connectivity index (χ1) is 9.12. The second kappa shape index (κ2) is 6.20. The summed E-state index contributed by atoms with van der Waals surface area (Å²) in [6.07, 6.45) is 4.47. The molecule has 1 amide bonds. The van der Waals surface area contributed by atoms with Crippen molar-refractivity contribution in [2.45, 2.75) is 44.2 Å². The summed E-state index contributed by atoms with van der Waals surface area (Å²) in [5, 5.41) is 0. The van der Waals surface area contributed by atoms with E-state index in [4.69, 9.17) is 15.2 Å². The van der Waals surface area contributed by atoms with Gasteiger partial charge < -0.3 is 15.2 Å². The summed E-state index contributed by atoms with van der Waals surface area (Å²) in [6.45, 7) is 5.11. The molecule has 0 radical (unpaired) electrons. The highest BCUT2D eigenvalue weighted by Gasteiger charge is 2.47. The van der Waals surface area contributed by atoms with Gasteiger partial charge in [0.2, 0.25) is 5.91 Å². The predicted octanol–water partition coefficient (Wildman–Crippen LogP) is 0.768. The zero-order valence-corrected chi connectivity index (χ0v) is 12.1. The van der Waals surface area contributed by atoms with Crippen molar-refractivity contribution in [3.05, 3.63) is 0 Å². The monoisotopic (exact) mass is 270 g/mol. The molecule has 0 aromatic rings. The normalized spacial score (nSPS) is 35.3. The Bertz CT molecular complexity index is 318. The number of amides is 1. The molecule has 1 aliphatic carbocycles. The average Bonchev–Trinajstić information content (AvgIpc) is 2.71. The van der Waals surface area contributed by atoms with Gasteiger partial charge in [-0.1, -0.05) is 0 Å². The molecule has 1 saturated carbocycles. The fourth-order valence-corrected chi connectivity index (χ4v) is 3.46. The molecule has 1 saturated heterocycles. The molecule has 2 rings (SSSR count). The Morgan fingerprint density at radius 1 is 1.47 bits per heavy atom. The van der Waals surface area contributed by atoms with Crippen LogP contribution in [0.25, 0.3) is 0 Å². The number of nitrogens with two attached hydrogens (primary N) is 1. The minimum Gasteiger partial charge on any atom is -0.382 e. The second-order valence-corrected chi connectivity index (χ2v) is 5.79. The van der Waals surface area contributed by atoms with Gasteiger partial charge in [0.25, 0.3) is 0 Å². The van der Waals surface area contributed by atoms with Crippen LogP contribution >= 0.6 is 0 Å². The highest BCUT2D eigenvalue weighted by Crippen LogP contribution is 2.36. The molecule has 110 valence electrons. The zero-order valence-electron chi connectivity index (χ0n) is 12.1. The Morgan fingerprint density at radius 3 is 2.79 bits per heavy atom. The van der Waals surface area contributed by atoms with E-state index in [0.717, 1.165) is 45.4 Å². The molecule has 1 unspecified atom stereocenters. The fraction of sp³-hybridized carbons (Fsp3) is 0.929. The van der Waals surface area contributed by atoms with E-state index in [0.29, 0.717) is 18.6 Å². The number of carbonyl (C=O) groups excluding carboxylic acids is 1. The Kier molecular flexibility index (Phi) is 4.81. The third kappa shape index (κ3) is 2.93. The number of nitrogens with zero attached hydrogens (tertiary/aromatic N) is 1. The highest BCUT2D eigenvalue weighted by molar-refractivity contribution is 5.85. The molecular weight excluding hydrogens is 244 g/mol. The van der Waals surface area contributed by atoms with Gasteiger partial charge in [0.1, 0.15) is 5.54 Å². The van der Waals surface area contributed by atoms with E-state index < -0.39 is 5.54 Å². The van der Waals surface area contributed by atoms with Crippen molar-refractivity contribution in [3.8, 4) is 0 Å². The minimum atomic E-state index is -0.578. The van der Waals surface area contributed by atoms with Gasteiger partial charge in [-0.15, -0.1) is 0 Å². The Labute approximate surface area is 115 Å². The molecule has 5 nitrogen and oxygen atoms in total. The maximum atomic E-state index is 11.9. The molecule has 0 aromatic heterocycles. The lowest BCUT2D eigenvalue weighted by atomic mass is 9.81. The summed E-state index contributed by atoms with van der Waals surface area (Å²) in [5.74, 6) is 0.387. The quantitative estimate of drug-likeness (QED) is 0.742. The molecule has 2 aliphatic rings. The van der Waals surface area contributed by atoms with E-state index in [-0.39, 0.29) is 5.91 Å². The van der Waals surface area contributed by atoms with Gasteiger partial charge in [-0.25, -0.2) is 0 Å². The zero-order chi connectivity index (χ0) is 13.9. The predicted molar refractivity (Wildman–Crippen MR) is 72.7 cm³/mol. The van der Waals surface area contributed by atoms with E-state index in [1.54, 1.807) is 7.11 Å². The SMILES string of the molecule is CCOC1CC(CN2CCCC2(COC)C(N)=O)C1. The van der Waals surface area contributed by atoms with Gasteiger partial charge >= 0.3 is 0 Å². The first-order valence-electron chi connectivity index (χ1n) is 7.28. The van der Waals surface area contributed by atoms with Crippen molar-refractivity contribution in [3.63, 3.8) is 0 Å². The molecule has 2 N–H and O–H groups in total. The van der Waals surface area contributed by atoms with Crippen LogP contribution in [0.3, 0.4) is 0 Å². The van der Waals surface area contributed by atoms with Gasteiger partial charge in [-0.3, -0.25) is 9.69 Å². The summed E-state index contributed by atoms with van der Waals surface area (Å²) in [6, 6.07) is 0. The Balaban J connectivity index is 1.90. The van der Waals surface area contributed by atoms with Gasteiger partial charge in [-0.2, -0.15) is 0 Å². The van der Waals surface area contributed by atoms with Crippen LogP contribution in [0.15, 0.2) is 0 Å². The van der Waals surface area contributed by atoms with Gasteiger partial charge in [-0.05, 0) is 45.1 Å². The van der Waals surface area contributed by atoms with E-state index in [1.807, 2.05) is 6.92 Å². The number of ether oxygens (including phenoxy) is 2. The molecular formula is C14H26N2O3. The van der Waals surface area contributed by atoms with Crippen LogP contribution in [0.5, 0.6) is 0 Å². The van der Waals surface area contributed by atoms with Crippen LogP contribution in [0, 0.1) is 5.92 Å². The minimum absolute atomic E-state index is 0.243. The summed E-state index contributed by atoms with van der Waals surface area (Å²) < 4.78 is 10.8. The lowest BCUT2D eigenvalue weighted by Gasteiger charge is -2.42. The molecule has 1 aliphatic heterocycles. The van der Waals surface area contributed by atoms with E-state index >= 15 is 0 Å². The number of rotatable bonds is 7. The summed E-state index contributed by atoms with van der Waals surface area (Å²) in [4.78, 5) is 14.1. The van der Waals surface area contributed by atoms with Crippen LogP contribution in [0.2, 0.25) is 0 Å². The topological polar surface area (TPSA) is 64.8 Å². The third-order valence-corrected chi connectivity index (χ3v) is 4.54. The standard InChI is InChI=1S/C14H26N2O3/c1-3-19-12-7-11(8-12)9-16-6-4-5-14(16,10-18-2)13(15)17/h11-12H,3-10H2,1-2H3,(H2,15,17). The lowest BCUT2D eigenvalue weighted by molar-refractivity contribution is -0.133. The van der Waals surface area contributed by atoms with Gasteiger partial charge in [0.15, 0.2) is 0 Å². The largest absolute Gasteiger partial charge is 0.382 e. The van der Waals surface area contributed by atoms with Crippen LogP contribution in [0.4, 0.5) is 0 Å². The molecule has 5 heteroatoms. The smallest absolute Gasteiger partial charge is 0.240 e. The number of primary amides is 1. The summed E-state index contributed by atoms with van der Waals surface area (Å²) >= 11 is 0. The number of likely N-dealkylation sites (tertiary alicyclic amines) is 1. The highest BCUT2D eigenvalue weighted by atomic mass is 16.5. The van der Waals surface area contributed by atoms with Crippen molar-refractivity contribution in [2.24, 2.45) is 11.7 Å². The lowest BCUT2D eigenvalue weighted by Crippen LogP contribution is -2.58. The number of hydrogen-bond acceptors (Lipinski definition) is 4. The van der Waals surface area contributed by atoms with E-state index in [9.17, 15) is 4.79 Å². The van der Waals surface area contributed by atoms with Crippen LogP contribution in [-0.2, 0) is 14.3 Å². The molecule has 0 bridgehead atoms. The fourth-order valence-electron chi connectivity index (χ4n) is 3.46. The molecule has 0 aromatic carbocycles. The molecule has 0 spiro atoms. The first kappa shape index (κ1) is 14.8. The summed E-state index contributed by atoms with van der Waals surface area (Å²) in [7, 11) is 1.63. The first-order valence-corrected chi connectivity index (χ1v) is 7.28. The van der Waals surface area contributed by atoms with Gasteiger partial charge in [0.05, 0.1) is 12.7 Å². The van der Waals surface area contributed by atoms with Crippen molar-refractivity contribution in [1.82, 2.24) is 4.90 Å². The van der Waals surface area contributed by atoms with E-state index in [2.05, 4.69) is 4.90 Å². The maximum Gasteiger partial charge on any atom is 0.240 e. The van der Waals surface area contributed by atoms with Crippen LogP contribution < -0.4 is 5.73 Å².